The SMILES string of the molecule is O=C(C=Cc1cccc2cccnc12)NC1N=C(c2ccccc2F)c2cccc3c2N(CC3)C1=O. The van der Waals surface area contributed by atoms with Gasteiger partial charge in [-0.3, -0.25) is 14.6 Å². The van der Waals surface area contributed by atoms with Crippen LogP contribution in [-0.4, -0.2) is 35.2 Å². The van der Waals surface area contributed by atoms with Gasteiger partial charge in [-0.2, -0.15) is 0 Å². The first kappa shape index (κ1) is 21.9. The van der Waals surface area contributed by atoms with Crippen LogP contribution in [0.4, 0.5) is 10.1 Å². The number of aliphatic imine (C=N–C) groups is 1. The molecule has 1 N–H and O–H groups in total. The summed E-state index contributed by atoms with van der Waals surface area (Å²) in [5, 5.41) is 3.68. The van der Waals surface area contributed by atoms with Gasteiger partial charge in [0.15, 0.2) is 0 Å². The van der Waals surface area contributed by atoms with E-state index in [9.17, 15) is 14.0 Å². The zero-order chi connectivity index (χ0) is 24.6. The van der Waals surface area contributed by atoms with Gasteiger partial charge >= 0.3 is 0 Å². The molecule has 7 heteroatoms. The van der Waals surface area contributed by atoms with Gasteiger partial charge in [0.25, 0.3) is 5.91 Å². The molecule has 2 aliphatic rings. The zero-order valence-electron chi connectivity index (χ0n) is 19.2. The zero-order valence-corrected chi connectivity index (χ0v) is 19.2. The van der Waals surface area contributed by atoms with Gasteiger partial charge in [0, 0.05) is 40.9 Å². The Balaban J connectivity index is 1.37. The molecule has 0 saturated heterocycles. The van der Waals surface area contributed by atoms with Crippen molar-refractivity contribution in [3.05, 3.63) is 113 Å². The molecule has 1 unspecified atom stereocenters. The number of nitrogens with one attached hydrogen (secondary N) is 1. The van der Waals surface area contributed by atoms with Crippen molar-refractivity contribution < 1.29 is 14.0 Å². The highest BCUT2D eigenvalue weighted by molar-refractivity contribution is 6.21. The van der Waals surface area contributed by atoms with Crippen molar-refractivity contribution in [1.82, 2.24) is 10.3 Å². The van der Waals surface area contributed by atoms with Gasteiger partial charge < -0.3 is 10.2 Å². The highest BCUT2D eigenvalue weighted by Gasteiger charge is 2.37. The van der Waals surface area contributed by atoms with E-state index in [0.29, 0.717) is 24.2 Å². The van der Waals surface area contributed by atoms with E-state index < -0.39 is 17.9 Å². The lowest BCUT2D eigenvalue weighted by atomic mass is 9.98. The molecule has 0 radical (unpaired) electrons. The lowest BCUT2D eigenvalue weighted by Gasteiger charge is -2.20. The average molecular weight is 477 g/mol. The topological polar surface area (TPSA) is 74.7 Å². The number of fused-ring (bicyclic) bond motifs is 1. The van der Waals surface area contributed by atoms with E-state index in [2.05, 4.69) is 15.3 Å². The maximum atomic E-state index is 14.9. The molecule has 0 saturated carbocycles. The Morgan fingerprint density at radius 1 is 1.00 bits per heavy atom. The standard InChI is InChI=1S/C29H21FN4O2/c30-23-12-2-1-10-21(23)26-22-11-4-8-20-15-17-34(27(20)22)29(36)28(33-26)32-24(35)14-13-19-7-3-6-18-9-5-16-31-25(18)19/h1-14,16,28H,15,17H2,(H,32,35). The van der Waals surface area contributed by atoms with Crippen molar-refractivity contribution in [2.75, 3.05) is 11.4 Å². The molecule has 4 aromatic rings. The van der Waals surface area contributed by atoms with Gasteiger partial charge in [0.05, 0.1) is 16.9 Å². The van der Waals surface area contributed by atoms with E-state index in [-0.39, 0.29) is 11.5 Å². The molecule has 6 rings (SSSR count). The first-order chi connectivity index (χ1) is 17.6. The van der Waals surface area contributed by atoms with Crippen LogP contribution in [0.5, 0.6) is 0 Å². The van der Waals surface area contributed by atoms with Gasteiger partial charge in [0.1, 0.15) is 5.82 Å². The molecule has 36 heavy (non-hydrogen) atoms. The Bertz CT molecular complexity index is 1590. The Labute approximate surface area is 206 Å². The largest absolute Gasteiger partial charge is 0.323 e. The van der Waals surface area contributed by atoms with Crippen LogP contribution in [0.15, 0.2) is 90.1 Å². The number of para-hydroxylation sites is 2. The maximum absolute atomic E-state index is 14.9. The van der Waals surface area contributed by atoms with Crippen molar-refractivity contribution in [1.29, 1.82) is 0 Å². The number of hydrogen-bond donors (Lipinski definition) is 1. The lowest BCUT2D eigenvalue weighted by molar-refractivity contribution is -0.125. The number of halogens is 1. The normalized spacial score (nSPS) is 16.7. The summed E-state index contributed by atoms with van der Waals surface area (Å²) in [7, 11) is 0. The van der Waals surface area contributed by atoms with Gasteiger partial charge in [-0.25, -0.2) is 9.38 Å². The summed E-state index contributed by atoms with van der Waals surface area (Å²) in [5.41, 5.74) is 4.59. The Morgan fingerprint density at radius 3 is 2.69 bits per heavy atom. The first-order valence-corrected chi connectivity index (χ1v) is 11.7. The summed E-state index contributed by atoms with van der Waals surface area (Å²) >= 11 is 0. The van der Waals surface area contributed by atoms with Crippen LogP contribution < -0.4 is 10.2 Å². The number of pyridine rings is 1. The number of benzene rings is 3. The van der Waals surface area contributed by atoms with Crippen molar-refractivity contribution in [2.45, 2.75) is 12.6 Å². The molecular formula is C29H21FN4O2. The third-order valence-corrected chi connectivity index (χ3v) is 6.49. The van der Waals surface area contributed by atoms with E-state index in [0.717, 1.165) is 27.7 Å². The summed E-state index contributed by atoms with van der Waals surface area (Å²) in [6.07, 6.45) is 4.22. The van der Waals surface area contributed by atoms with E-state index in [1.165, 1.54) is 12.1 Å². The Morgan fingerprint density at radius 2 is 1.81 bits per heavy atom. The summed E-state index contributed by atoms with van der Waals surface area (Å²) in [6, 6.07) is 21.5. The predicted octanol–water partition coefficient (Wildman–Crippen LogP) is 4.27. The molecule has 0 spiro atoms. The average Bonchev–Trinajstić information content (AvgIpc) is 3.30. The second-order valence-electron chi connectivity index (χ2n) is 8.68. The minimum atomic E-state index is -1.19. The molecule has 3 heterocycles. The number of hydrogen-bond acceptors (Lipinski definition) is 4. The number of nitrogens with zero attached hydrogens (tertiary/aromatic N) is 3. The fourth-order valence-electron chi connectivity index (χ4n) is 4.84. The fourth-order valence-corrected chi connectivity index (χ4v) is 4.84. The first-order valence-electron chi connectivity index (χ1n) is 11.7. The summed E-state index contributed by atoms with van der Waals surface area (Å²) in [6.45, 7) is 0.481. The second kappa shape index (κ2) is 8.85. The minimum absolute atomic E-state index is 0.282. The summed E-state index contributed by atoms with van der Waals surface area (Å²) < 4.78 is 14.9. The molecule has 0 aliphatic carbocycles. The summed E-state index contributed by atoms with van der Waals surface area (Å²) in [4.78, 5) is 37.1. The van der Waals surface area contributed by atoms with Crippen molar-refractivity contribution in [3.63, 3.8) is 0 Å². The lowest BCUT2D eigenvalue weighted by Crippen LogP contribution is -2.46. The Kier molecular flexibility index (Phi) is 5.37. The molecule has 176 valence electrons. The molecule has 1 atom stereocenters. The minimum Gasteiger partial charge on any atom is -0.323 e. The summed E-state index contributed by atoms with van der Waals surface area (Å²) in [5.74, 6) is -1.27. The molecule has 0 bridgehead atoms. The molecular weight excluding hydrogens is 455 g/mol. The van der Waals surface area contributed by atoms with Crippen molar-refractivity contribution >= 4 is 40.2 Å². The molecule has 6 nitrogen and oxygen atoms in total. The Hall–Kier alpha value is -4.65. The highest BCUT2D eigenvalue weighted by atomic mass is 19.1. The number of aromatic nitrogens is 1. The monoisotopic (exact) mass is 476 g/mol. The molecule has 0 fully saturated rings. The molecule has 3 aromatic carbocycles. The van der Waals surface area contributed by atoms with Crippen LogP contribution in [0.3, 0.4) is 0 Å². The van der Waals surface area contributed by atoms with Crippen LogP contribution in [0.1, 0.15) is 22.3 Å². The quantitative estimate of drug-likeness (QED) is 0.447. The third kappa shape index (κ3) is 3.75. The number of amides is 2. The highest BCUT2D eigenvalue weighted by Crippen LogP contribution is 2.36. The number of carbonyl (C=O) groups excluding carboxylic acids is 2. The second-order valence-corrected chi connectivity index (χ2v) is 8.68. The van der Waals surface area contributed by atoms with Crippen LogP contribution >= 0.6 is 0 Å². The van der Waals surface area contributed by atoms with Crippen molar-refractivity contribution in [3.8, 4) is 0 Å². The van der Waals surface area contributed by atoms with Gasteiger partial charge in [-0.15, -0.1) is 0 Å². The van der Waals surface area contributed by atoms with Crippen molar-refractivity contribution in [2.24, 2.45) is 4.99 Å². The maximum Gasteiger partial charge on any atom is 0.272 e. The molecule has 1 aromatic heterocycles. The molecule has 2 amide bonds. The third-order valence-electron chi connectivity index (χ3n) is 6.49. The molecule has 2 aliphatic heterocycles. The van der Waals surface area contributed by atoms with E-state index in [1.807, 2.05) is 48.5 Å². The van der Waals surface area contributed by atoms with Crippen LogP contribution in [0, 0.1) is 5.82 Å². The van der Waals surface area contributed by atoms with Gasteiger partial charge in [-0.1, -0.05) is 54.6 Å². The van der Waals surface area contributed by atoms with Gasteiger partial charge in [0.2, 0.25) is 12.1 Å². The van der Waals surface area contributed by atoms with Crippen LogP contribution in [-0.2, 0) is 16.0 Å². The number of anilines is 1. The van der Waals surface area contributed by atoms with Crippen LogP contribution in [0.25, 0.3) is 17.0 Å². The van der Waals surface area contributed by atoms with E-state index in [1.54, 1.807) is 35.4 Å². The smallest absolute Gasteiger partial charge is 0.272 e. The number of carbonyl (C=O) groups is 2. The predicted molar refractivity (Wildman–Crippen MR) is 137 cm³/mol. The van der Waals surface area contributed by atoms with Crippen LogP contribution in [0.2, 0.25) is 0 Å². The van der Waals surface area contributed by atoms with Gasteiger partial charge in [-0.05, 0) is 36.3 Å². The van der Waals surface area contributed by atoms with E-state index in [4.69, 9.17) is 0 Å². The fraction of sp³-hybridized carbons (Fsp3) is 0.103. The number of rotatable bonds is 4. The van der Waals surface area contributed by atoms with E-state index >= 15 is 0 Å².